The number of carbonyl (C=O) groups is 1. The minimum atomic E-state index is -3.75. The zero-order valence-electron chi connectivity index (χ0n) is 8.94. The van der Waals surface area contributed by atoms with Gasteiger partial charge in [-0.15, -0.1) is 0 Å². The molecule has 1 aliphatic heterocycles. The molecule has 1 saturated heterocycles. The van der Waals surface area contributed by atoms with Crippen LogP contribution in [0.25, 0.3) is 0 Å². The first-order valence-electron chi connectivity index (χ1n) is 4.97. The molecule has 1 amide bonds. The number of amides is 1. The van der Waals surface area contributed by atoms with Crippen LogP contribution in [0.2, 0.25) is 10.0 Å². The van der Waals surface area contributed by atoms with Crippen LogP contribution in [0.1, 0.15) is 6.42 Å². The lowest BCUT2D eigenvalue weighted by Crippen LogP contribution is -2.26. The van der Waals surface area contributed by atoms with Crippen molar-refractivity contribution in [2.45, 2.75) is 11.7 Å². The summed E-state index contributed by atoms with van der Waals surface area (Å²) in [6, 6.07) is 4.63. The molecule has 1 atom stereocenters. The van der Waals surface area contributed by atoms with Crippen molar-refractivity contribution in [2.24, 2.45) is 0 Å². The summed E-state index contributed by atoms with van der Waals surface area (Å²) in [6.45, 7) is 0.0152. The summed E-state index contributed by atoms with van der Waals surface area (Å²) in [7, 11) is 1.51. The van der Waals surface area contributed by atoms with Gasteiger partial charge in [0, 0.05) is 39.4 Å². The molecule has 1 unspecified atom stereocenters. The molecule has 0 aromatic heterocycles. The van der Waals surface area contributed by atoms with Crippen LogP contribution in [0.5, 0.6) is 0 Å². The van der Waals surface area contributed by atoms with Gasteiger partial charge in [-0.3, -0.25) is 4.79 Å². The molecular weight excluding hydrogens is 321 g/mol. The topological polar surface area (TPSA) is 54.5 Å². The fourth-order valence-electron chi connectivity index (χ4n) is 1.81. The molecular formula is C10H8Cl3NO3S. The Hall–Kier alpha value is -0.490. The largest absolute Gasteiger partial charge is 0.311 e. The van der Waals surface area contributed by atoms with Gasteiger partial charge in [0.1, 0.15) is 5.25 Å². The summed E-state index contributed by atoms with van der Waals surface area (Å²) in [5, 5.41) is -0.144. The van der Waals surface area contributed by atoms with E-state index in [9.17, 15) is 13.2 Å². The molecule has 8 heteroatoms. The number of hydrogen-bond donors (Lipinski definition) is 0. The highest BCUT2D eigenvalue weighted by Crippen LogP contribution is 2.30. The molecule has 0 spiro atoms. The van der Waals surface area contributed by atoms with Gasteiger partial charge in [0.25, 0.3) is 0 Å². The van der Waals surface area contributed by atoms with E-state index in [0.29, 0.717) is 15.7 Å². The Labute approximate surface area is 119 Å². The van der Waals surface area contributed by atoms with Gasteiger partial charge in [-0.05, 0) is 18.2 Å². The third kappa shape index (κ3) is 2.91. The summed E-state index contributed by atoms with van der Waals surface area (Å²) >= 11 is 11.7. The van der Waals surface area contributed by atoms with Crippen LogP contribution in [0.4, 0.5) is 5.69 Å². The van der Waals surface area contributed by atoms with E-state index in [1.54, 1.807) is 12.1 Å². The zero-order chi connectivity index (χ0) is 13.5. The molecule has 0 radical (unpaired) electrons. The van der Waals surface area contributed by atoms with Crippen LogP contribution in [-0.4, -0.2) is 26.1 Å². The van der Waals surface area contributed by atoms with Crippen molar-refractivity contribution in [3.8, 4) is 0 Å². The van der Waals surface area contributed by atoms with Crippen LogP contribution in [0.15, 0.2) is 18.2 Å². The molecule has 0 aliphatic carbocycles. The van der Waals surface area contributed by atoms with Gasteiger partial charge in [-0.2, -0.15) is 0 Å². The smallest absolute Gasteiger partial charge is 0.237 e. The molecule has 1 heterocycles. The monoisotopic (exact) mass is 327 g/mol. The van der Waals surface area contributed by atoms with Crippen LogP contribution in [-0.2, 0) is 13.8 Å². The molecule has 18 heavy (non-hydrogen) atoms. The van der Waals surface area contributed by atoms with E-state index in [2.05, 4.69) is 0 Å². The average molecular weight is 329 g/mol. The molecule has 98 valence electrons. The van der Waals surface area contributed by atoms with Gasteiger partial charge >= 0.3 is 0 Å². The normalized spacial score (nSPS) is 20.5. The summed E-state index contributed by atoms with van der Waals surface area (Å²) in [4.78, 5) is 13.1. The van der Waals surface area contributed by atoms with Crippen molar-refractivity contribution in [2.75, 3.05) is 11.4 Å². The molecule has 1 aliphatic rings. The maximum absolute atomic E-state index is 11.8. The lowest BCUT2D eigenvalue weighted by atomic mass is 10.3. The van der Waals surface area contributed by atoms with E-state index in [0.717, 1.165) is 0 Å². The lowest BCUT2D eigenvalue weighted by molar-refractivity contribution is -0.117. The predicted octanol–water partition coefficient (Wildman–Crippen LogP) is 2.67. The second-order valence-corrected chi connectivity index (χ2v) is 7.71. The van der Waals surface area contributed by atoms with Crippen molar-refractivity contribution in [1.29, 1.82) is 0 Å². The number of anilines is 1. The molecule has 0 bridgehead atoms. The number of hydrogen-bond acceptors (Lipinski definition) is 3. The highest BCUT2D eigenvalue weighted by atomic mass is 35.7. The maximum Gasteiger partial charge on any atom is 0.237 e. The zero-order valence-corrected chi connectivity index (χ0v) is 12.0. The first-order chi connectivity index (χ1) is 8.27. The standard InChI is InChI=1S/C10H8Cl3NO3S/c11-6-1-7(12)3-8(2-6)14-5-9(4-10(14)15)18(13,16)17/h1-3,9H,4-5H2. The van der Waals surface area contributed by atoms with Crippen molar-refractivity contribution in [1.82, 2.24) is 0 Å². The molecule has 0 saturated carbocycles. The summed E-state index contributed by atoms with van der Waals surface area (Å²) in [6.07, 6.45) is -0.129. The Morgan fingerprint density at radius 3 is 2.17 bits per heavy atom. The second-order valence-electron chi connectivity index (χ2n) is 3.93. The fraction of sp³-hybridized carbons (Fsp3) is 0.300. The van der Waals surface area contributed by atoms with Crippen molar-refractivity contribution >= 4 is 54.5 Å². The van der Waals surface area contributed by atoms with Gasteiger partial charge < -0.3 is 4.90 Å². The fourth-order valence-corrected chi connectivity index (χ4v) is 3.35. The predicted molar refractivity (Wildman–Crippen MR) is 72.0 cm³/mol. The first kappa shape index (κ1) is 13.9. The average Bonchev–Trinajstić information content (AvgIpc) is 2.58. The van der Waals surface area contributed by atoms with Crippen LogP contribution in [0, 0.1) is 0 Å². The molecule has 4 nitrogen and oxygen atoms in total. The van der Waals surface area contributed by atoms with Gasteiger partial charge in [0.05, 0.1) is 0 Å². The number of rotatable bonds is 2. The molecule has 2 rings (SSSR count). The van der Waals surface area contributed by atoms with E-state index >= 15 is 0 Å². The van der Waals surface area contributed by atoms with E-state index < -0.39 is 14.3 Å². The third-order valence-electron chi connectivity index (χ3n) is 2.65. The first-order valence-corrected chi connectivity index (χ1v) is 8.10. The number of halogens is 3. The second kappa shape index (κ2) is 4.89. The number of benzene rings is 1. The van der Waals surface area contributed by atoms with E-state index in [1.165, 1.54) is 11.0 Å². The van der Waals surface area contributed by atoms with E-state index in [4.69, 9.17) is 33.9 Å². The van der Waals surface area contributed by atoms with E-state index in [-0.39, 0.29) is 18.9 Å². The minimum absolute atomic E-state index is 0.0152. The van der Waals surface area contributed by atoms with Crippen molar-refractivity contribution in [3.05, 3.63) is 28.2 Å². The van der Waals surface area contributed by atoms with Gasteiger partial charge in [0.2, 0.25) is 15.0 Å². The maximum atomic E-state index is 11.8. The Bertz CT molecular complexity index is 582. The molecule has 1 aromatic carbocycles. The summed E-state index contributed by atoms with van der Waals surface area (Å²) in [5.74, 6) is -0.317. The highest BCUT2D eigenvalue weighted by Gasteiger charge is 2.38. The molecule has 0 N–H and O–H groups in total. The van der Waals surface area contributed by atoms with Gasteiger partial charge in [-0.1, -0.05) is 23.2 Å². The quantitative estimate of drug-likeness (QED) is 0.784. The van der Waals surface area contributed by atoms with Crippen molar-refractivity contribution in [3.63, 3.8) is 0 Å². The third-order valence-corrected chi connectivity index (χ3v) is 4.95. The Kier molecular flexibility index (Phi) is 3.78. The van der Waals surface area contributed by atoms with Crippen molar-refractivity contribution < 1.29 is 13.2 Å². The Morgan fingerprint density at radius 1 is 1.17 bits per heavy atom. The van der Waals surface area contributed by atoms with Crippen LogP contribution >= 0.6 is 33.9 Å². The van der Waals surface area contributed by atoms with E-state index in [1.807, 2.05) is 0 Å². The number of carbonyl (C=O) groups excluding carboxylic acids is 1. The van der Waals surface area contributed by atoms with Crippen LogP contribution < -0.4 is 4.90 Å². The summed E-state index contributed by atoms with van der Waals surface area (Å²) < 4.78 is 22.4. The Morgan fingerprint density at radius 2 is 1.72 bits per heavy atom. The van der Waals surface area contributed by atoms with Crippen LogP contribution in [0.3, 0.4) is 0 Å². The van der Waals surface area contributed by atoms with Gasteiger partial charge in [-0.25, -0.2) is 8.42 Å². The SMILES string of the molecule is O=C1CC(S(=O)(=O)Cl)CN1c1cc(Cl)cc(Cl)c1. The van der Waals surface area contributed by atoms with Gasteiger partial charge in [0.15, 0.2) is 0 Å². The number of nitrogens with zero attached hydrogens (tertiary/aromatic N) is 1. The highest BCUT2D eigenvalue weighted by molar-refractivity contribution is 8.14. The molecule has 1 aromatic rings. The molecule has 1 fully saturated rings. The minimum Gasteiger partial charge on any atom is -0.311 e. The lowest BCUT2D eigenvalue weighted by Gasteiger charge is -2.16. The summed E-state index contributed by atoms with van der Waals surface area (Å²) in [5.41, 5.74) is 0.473. The Balaban J connectivity index is 2.32.